The summed E-state index contributed by atoms with van der Waals surface area (Å²) in [6.45, 7) is 3.09. The highest BCUT2D eigenvalue weighted by molar-refractivity contribution is 5.44. The summed E-state index contributed by atoms with van der Waals surface area (Å²) in [6.07, 6.45) is 3.44. The van der Waals surface area contributed by atoms with Gasteiger partial charge in [0.15, 0.2) is 0 Å². The van der Waals surface area contributed by atoms with Crippen molar-refractivity contribution in [3.05, 3.63) is 23.8 Å². The van der Waals surface area contributed by atoms with Gasteiger partial charge in [0.1, 0.15) is 11.5 Å². The van der Waals surface area contributed by atoms with Crippen molar-refractivity contribution in [1.29, 1.82) is 0 Å². The van der Waals surface area contributed by atoms with Crippen molar-refractivity contribution >= 4 is 0 Å². The molecule has 0 atom stereocenters. The molecule has 0 amide bonds. The van der Waals surface area contributed by atoms with E-state index in [1.807, 2.05) is 18.2 Å². The van der Waals surface area contributed by atoms with Gasteiger partial charge >= 0.3 is 0 Å². The Morgan fingerprint density at radius 2 is 1.95 bits per heavy atom. The van der Waals surface area contributed by atoms with Gasteiger partial charge in [-0.1, -0.05) is 6.92 Å². The zero-order chi connectivity index (χ0) is 14.6. The van der Waals surface area contributed by atoms with E-state index in [4.69, 9.17) is 9.47 Å². The molecular weight excluding hydrogens is 254 g/mol. The lowest BCUT2D eigenvalue weighted by Crippen LogP contribution is -2.39. The molecule has 1 saturated carbocycles. The van der Waals surface area contributed by atoms with Crippen LogP contribution in [0, 0.1) is 0 Å². The van der Waals surface area contributed by atoms with Crippen molar-refractivity contribution in [3.63, 3.8) is 0 Å². The smallest absolute Gasteiger partial charge is 0.125 e. The average molecular weight is 279 g/mol. The minimum atomic E-state index is -0.814. The van der Waals surface area contributed by atoms with E-state index in [1.54, 1.807) is 14.2 Å². The zero-order valence-corrected chi connectivity index (χ0v) is 12.6. The summed E-state index contributed by atoms with van der Waals surface area (Å²) in [7, 11) is 3.27. The van der Waals surface area contributed by atoms with Gasteiger partial charge in [0, 0.05) is 11.6 Å². The number of benzene rings is 1. The van der Waals surface area contributed by atoms with Gasteiger partial charge in [-0.3, -0.25) is 0 Å². The molecule has 1 aromatic rings. The van der Waals surface area contributed by atoms with Gasteiger partial charge in [0.25, 0.3) is 0 Å². The third-order valence-corrected chi connectivity index (χ3v) is 4.21. The van der Waals surface area contributed by atoms with Gasteiger partial charge in [0.05, 0.1) is 19.8 Å². The molecule has 0 heterocycles. The molecule has 2 N–H and O–H groups in total. The van der Waals surface area contributed by atoms with Crippen LogP contribution in [0.3, 0.4) is 0 Å². The third kappa shape index (κ3) is 3.07. The lowest BCUT2D eigenvalue weighted by atomic mass is 9.77. The zero-order valence-electron chi connectivity index (χ0n) is 12.6. The topological polar surface area (TPSA) is 50.7 Å². The molecule has 4 nitrogen and oxygen atoms in total. The molecule has 0 aromatic heterocycles. The Morgan fingerprint density at radius 3 is 2.50 bits per heavy atom. The summed E-state index contributed by atoms with van der Waals surface area (Å²) < 4.78 is 10.7. The van der Waals surface area contributed by atoms with Gasteiger partial charge in [-0.05, 0) is 50.4 Å². The number of hydrogen-bond acceptors (Lipinski definition) is 4. The number of nitrogens with one attached hydrogen (secondary N) is 1. The Kier molecular flexibility index (Phi) is 4.89. The first kappa shape index (κ1) is 15.1. The van der Waals surface area contributed by atoms with Crippen LogP contribution >= 0.6 is 0 Å². The van der Waals surface area contributed by atoms with Crippen molar-refractivity contribution in [2.45, 2.75) is 44.2 Å². The number of rotatable bonds is 5. The Balaban J connectivity index is 2.21. The van der Waals surface area contributed by atoms with Crippen molar-refractivity contribution in [1.82, 2.24) is 5.32 Å². The van der Waals surface area contributed by atoms with Crippen LogP contribution in [0.4, 0.5) is 0 Å². The quantitative estimate of drug-likeness (QED) is 0.869. The maximum atomic E-state index is 11.0. The molecule has 0 spiro atoms. The van der Waals surface area contributed by atoms with E-state index in [1.165, 1.54) is 0 Å². The molecule has 1 aliphatic carbocycles. The Labute approximate surface area is 121 Å². The first-order valence-corrected chi connectivity index (χ1v) is 7.31. The molecule has 1 aromatic carbocycles. The third-order valence-electron chi connectivity index (χ3n) is 4.21. The molecule has 0 bridgehead atoms. The van der Waals surface area contributed by atoms with E-state index in [-0.39, 0.29) is 0 Å². The maximum Gasteiger partial charge on any atom is 0.125 e. The van der Waals surface area contributed by atoms with Crippen LogP contribution in [0.25, 0.3) is 0 Å². The van der Waals surface area contributed by atoms with Crippen LogP contribution in [-0.2, 0) is 5.60 Å². The molecule has 4 heteroatoms. The van der Waals surface area contributed by atoms with E-state index < -0.39 is 5.60 Å². The second kappa shape index (κ2) is 6.46. The number of ether oxygens (including phenoxy) is 2. The highest BCUT2D eigenvalue weighted by Gasteiger charge is 2.37. The molecule has 1 aliphatic rings. The maximum absolute atomic E-state index is 11.0. The minimum Gasteiger partial charge on any atom is -0.497 e. The van der Waals surface area contributed by atoms with Crippen LogP contribution in [0.15, 0.2) is 18.2 Å². The van der Waals surface area contributed by atoms with Crippen LogP contribution < -0.4 is 14.8 Å². The van der Waals surface area contributed by atoms with E-state index in [0.29, 0.717) is 6.04 Å². The standard InChI is InChI=1S/C16H25NO3/c1-4-17-12-7-9-16(18,10-8-12)14-11-13(19-2)5-6-15(14)20-3/h5-6,11-12,17-18H,4,7-10H2,1-3H3. The van der Waals surface area contributed by atoms with Crippen LogP contribution in [0.2, 0.25) is 0 Å². The molecule has 0 radical (unpaired) electrons. The van der Waals surface area contributed by atoms with Gasteiger partial charge in [-0.2, -0.15) is 0 Å². The van der Waals surface area contributed by atoms with Crippen molar-refractivity contribution in [3.8, 4) is 11.5 Å². The van der Waals surface area contributed by atoms with Crippen LogP contribution in [0.1, 0.15) is 38.2 Å². The summed E-state index contributed by atoms with van der Waals surface area (Å²) in [5.74, 6) is 1.48. The largest absolute Gasteiger partial charge is 0.497 e. The normalized spacial score (nSPS) is 26.3. The monoisotopic (exact) mass is 279 g/mol. The second-order valence-corrected chi connectivity index (χ2v) is 5.43. The summed E-state index contributed by atoms with van der Waals surface area (Å²) in [5.41, 5.74) is 0.0283. The molecule has 1 fully saturated rings. The Bertz CT molecular complexity index is 439. The fourth-order valence-electron chi connectivity index (χ4n) is 3.04. The average Bonchev–Trinajstić information content (AvgIpc) is 2.49. The van der Waals surface area contributed by atoms with Gasteiger partial charge < -0.3 is 19.9 Å². The lowest BCUT2D eigenvalue weighted by molar-refractivity contribution is -0.0101. The van der Waals surface area contributed by atoms with E-state index >= 15 is 0 Å². The Hall–Kier alpha value is -1.26. The number of methoxy groups -OCH3 is 2. The van der Waals surface area contributed by atoms with Gasteiger partial charge in [-0.25, -0.2) is 0 Å². The molecule has 0 unspecified atom stereocenters. The molecule has 20 heavy (non-hydrogen) atoms. The van der Waals surface area contributed by atoms with E-state index in [2.05, 4.69) is 12.2 Å². The van der Waals surface area contributed by atoms with Crippen LogP contribution in [-0.4, -0.2) is 31.9 Å². The summed E-state index contributed by atoms with van der Waals surface area (Å²) in [4.78, 5) is 0. The molecule has 2 rings (SSSR count). The molecule has 0 aliphatic heterocycles. The highest BCUT2D eigenvalue weighted by Crippen LogP contribution is 2.42. The molecule has 0 saturated heterocycles. The highest BCUT2D eigenvalue weighted by atomic mass is 16.5. The predicted octanol–water partition coefficient (Wildman–Crippen LogP) is 2.44. The van der Waals surface area contributed by atoms with Gasteiger partial charge in [-0.15, -0.1) is 0 Å². The van der Waals surface area contributed by atoms with Crippen molar-refractivity contribution in [2.24, 2.45) is 0 Å². The Morgan fingerprint density at radius 1 is 1.25 bits per heavy atom. The van der Waals surface area contributed by atoms with Crippen LogP contribution in [0.5, 0.6) is 11.5 Å². The van der Waals surface area contributed by atoms with E-state index in [9.17, 15) is 5.11 Å². The lowest BCUT2D eigenvalue weighted by Gasteiger charge is -2.37. The fraction of sp³-hybridized carbons (Fsp3) is 0.625. The second-order valence-electron chi connectivity index (χ2n) is 5.43. The molecule has 112 valence electrons. The molecular formula is C16H25NO3. The first-order chi connectivity index (χ1) is 9.62. The van der Waals surface area contributed by atoms with Crippen molar-refractivity contribution < 1.29 is 14.6 Å². The minimum absolute atomic E-state index is 0.511. The number of aliphatic hydroxyl groups is 1. The summed E-state index contributed by atoms with van der Waals surface area (Å²) in [6, 6.07) is 6.13. The van der Waals surface area contributed by atoms with Gasteiger partial charge in [0.2, 0.25) is 0 Å². The predicted molar refractivity (Wildman–Crippen MR) is 79.4 cm³/mol. The fourth-order valence-corrected chi connectivity index (χ4v) is 3.04. The van der Waals surface area contributed by atoms with Crippen molar-refractivity contribution in [2.75, 3.05) is 20.8 Å². The van der Waals surface area contributed by atoms with E-state index in [0.717, 1.165) is 49.3 Å². The summed E-state index contributed by atoms with van der Waals surface area (Å²) >= 11 is 0. The summed E-state index contributed by atoms with van der Waals surface area (Å²) in [5, 5.41) is 14.5. The number of hydrogen-bond donors (Lipinski definition) is 2. The first-order valence-electron chi connectivity index (χ1n) is 7.31. The SMILES string of the molecule is CCNC1CCC(O)(c2cc(OC)ccc2OC)CC1.